The van der Waals surface area contributed by atoms with Gasteiger partial charge in [-0.15, -0.1) is 0 Å². The zero-order valence-electron chi connectivity index (χ0n) is 17.9. The summed E-state index contributed by atoms with van der Waals surface area (Å²) in [5, 5.41) is 12.2. The summed E-state index contributed by atoms with van der Waals surface area (Å²) in [6.07, 6.45) is 12.1. The maximum absolute atomic E-state index is 8.37. The molecule has 0 unspecified atom stereocenters. The van der Waals surface area contributed by atoms with Crippen LogP contribution in [0.2, 0.25) is 0 Å². The van der Waals surface area contributed by atoms with Gasteiger partial charge in [0.25, 0.3) is 0 Å². The van der Waals surface area contributed by atoms with Gasteiger partial charge in [0.1, 0.15) is 0 Å². The normalized spacial score (nSPS) is 30.3. The van der Waals surface area contributed by atoms with Gasteiger partial charge in [-0.25, -0.2) is 0 Å². The standard InChI is InChI=1S/C26H34N2O2/c29-23-11-10-22(20-7-1-2-8-21(20)23)27-17-14-25(24-9-3-6-16-28-24)15-18-30-26(19-25)12-4-5-13-26/h1-3,6-9,16,22-23,27,29H,4-5,10-15,17-19H2/p+1/t22-,23-,25+/m0/s1. The number of nitrogens with zero attached hydrogens (tertiary/aromatic N) is 1. The molecule has 1 saturated heterocycles. The lowest BCUT2D eigenvalue weighted by atomic mass is 9.68. The molecule has 2 fully saturated rings. The van der Waals surface area contributed by atoms with Crippen molar-refractivity contribution in [3.8, 4) is 0 Å². The number of hydrogen-bond acceptors (Lipinski definition) is 3. The molecule has 1 spiro atoms. The van der Waals surface area contributed by atoms with Crippen molar-refractivity contribution >= 4 is 0 Å². The first-order chi connectivity index (χ1) is 14.7. The van der Waals surface area contributed by atoms with Gasteiger partial charge in [-0.05, 0) is 62.8 Å². The van der Waals surface area contributed by atoms with Crippen LogP contribution in [0.25, 0.3) is 0 Å². The summed E-state index contributed by atoms with van der Waals surface area (Å²) >= 11 is 0. The van der Waals surface area contributed by atoms with Crippen LogP contribution in [0.3, 0.4) is 0 Å². The number of benzene rings is 1. The maximum atomic E-state index is 8.37. The summed E-state index contributed by atoms with van der Waals surface area (Å²) in [5.74, 6) is 0. The van der Waals surface area contributed by atoms with Gasteiger partial charge in [-0.3, -0.25) is 4.98 Å². The summed E-state index contributed by atoms with van der Waals surface area (Å²) in [6, 6.07) is 15.3. The van der Waals surface area contributed by atoms with Crippen LogP contribution in [0.15, 0.2) is 48.7 Å². The Morgan fingerprint density at radius 2 is 1.80 bits per heavy atom. The van der Waals surface area contributed by atoms with Crippen molar-refractivity contribution in [2.45, 2.75) is 80.9 Å². The average Bonchev–Trinajstić information content (AvgIpc) is 3.23. The van der Waals surface area contributed by atoms with Crippen molar-refractivity contribution in [3.05, 3.63) is 65.5 Å². The van der Waals surface area contributed by atoms with E-state index < -0.39 is 0 Å². The quantitative estimate of drug-likeness (QED) is 0.730. The Kier molecular flexibility index (Phi) is 5.65. The Balaban J connectivity index is 1.34. The molecule has 0 bridgehead atoms. The van der Waals surface area contributed by atoms with Gasteiger partial charge < -0.3 is 15.2 Å². The van der Waals surface area contributed by atoms with Crippen molar-refractivity contribution in [2.75, 3.05) is 13.2 Å². The Morgan fingerprint density at radius 3 is 2.60 bits per heavy atom. The second kappa shape index (κ2) is 8.41. The molecule has 3 N–H and O–H groups in total. The first kappa shape index (κ1) is 20.2. The van der Waals surface area contributed by atoms with Crippen LogP contribution >= 0.6 is 0 Å². The number of aromatic nitrogens is 1. The van der Waals surface area contributed by atoms with Crippen LogP contribution in [0.4, 0.5) is 0 Å². The van der Waals surface area contributed by atoms with E-state index in [1.807, 2.05) is 12.3 Å². The number of nitrogens with one attached hydrogen (secondary N) is 1. The van der Waals surface area contributed by atoms with Crippen LogP contribution in [0.5, 0.6) is 0 Å². The first-order valence-electron chi connectivity index (χ1n) is 11.8. The molecule has 2 aliphatic carbocycles. The Labute approximate surface area is 180 Å². The van der Waals surface area contributed by atoms with Crippen molar-refractivity contribution in [3.63, 3.8) is 0 Å². The fraction of sp³-hybridized carbons (Fsp3) is 0.577. The molecule has 30 heavy (non-hydrogen) atoms. The summed E-state index contributed by atoms with van der Waals surface area (Å²) in [4.78, 5) is 4.83. The largest absolute Gasteiger partial charge is 0.440 e. The van der Waals surface area contributed by atoms with Crippen LogP contribution < -0.4 is 5.32 Å². The molecule has 3 atom stereocenters. The van der Waals surface area contributed by atoms with Crippen LogP contribution in [-0.2, 0) is 10.2 Å². The van der Waals surface area contributed by atoms with E-state index in [9.17, 15) is 0 Å². The molecule has 3 aliphatic rings. The molecule has 160 valence electrons. The number of fused-ring (bicyclic) bond motifs is 1. The number of rotatable bonds is 5. The topological polar surface area (TPSA) is 57.0 Å². The highest BCUT2D eigenvalue weighted by molar-refractivity contribution is 5.34. The molecule has 1 aromatic carbocycles. The van der Waals surface area contributed by atoms with Crippen molar-refractivity contribution in [1.29, 1.82) is 0 Å². The lowest BCUT2D eigenvalue weighted by Gasteiger charge is -2.46. The zero-order chi connectivity index (χ0) is 20.4. The third-order valence-corrected chi connectivity index (χ3v) is 7.86. The van der Waals surface area contributed by atoms with E-state index in [-0.39, 0.29) is 17.1 Å². The first-order valence-corrected chi connectivity index (χ1v) is 11.8. The fourth-order valence-electron chi connectivity index (χ4n) is 6.28. The van der Waals surface area contributed by atoms with Gasteiger partial charge in [0.2, 0.25) is 0 Å². The third kappa shape index (κ3) is 3.81. The number of pyridine rings is 1. The van der Waals surface area contributed by atoms with E-state index in [0.29, 0.717) is 6.04 Å². The maximum Gasteiger partial charge on any atom is 0.180 e. The predicted octanol–water partition coefficient (Wildman–Crippen LogP) is 4.72. The monoisotopic (exact) mass is 407 g/mol. The lowest BCUT2D eigenvalue weighted by molar-refractivity contribution is -0.104. The van der Waals surface area contributed by atoms with Crippen molar-refractivity contribution < 1.29 is 9.84 Å². The van der Waals surface area contributed by atoms with Gasteiger partial charge in [0.15, 0.2) is 6.10 Å². The fourth-order valence-corrected chi connectivity index (χ4v) is 6.28. The highest BCUT2D eigenvalue weighted by atomic mass is 16.5. The summed E-state index contributed by atoms with van der Waals surface area (Å²) < 4.78 is 6.39. The molecule has 5 rings (SSSR count). The predicted molar refractivity (Wildman–Crippen MR) is 120 cm³/mol. The van der Waals surface area contributed by atoms with E-state index in [2.05, 4.69) is 41.7 Å². The molecular formula is C26H35N2O2+. The van der Waals surface area contributed by atoms with Gasteiger partial charge >= 0.3 is 0 Å². The van der Waals surface area contributed by atoms with E-state index >= 15 is 0 Å². The third-order valence-electron chi connectivity index (χ3n) is 7.86. The molecule has 4 nitrogen and oxygen atoms in total. The van der Waals surface area contributed by atoms with E-state index in [0.717, 1.165) is 45.3 Å². The lowest BCUT2D eigenvalue weighted by Crippen LogP contribution is -2.47. The van der Waals surface area contributed by atoms with Crippen LogP contribution in [-0.4, -0.2) is 28.8 Å². The van der Waals surface area contributed by atoms with E-state index in [1.54, 1.807) is 0 Å². The Hall–Kier alpha value is -1.75. The second-order valence-electron chi connectivity index (χ2n) is 9.68. The molecule has 2 heterocycles. The Bertz CT molecular complexity index is 849. The smallest absolute Gasteiger partial charge is 0.180 e. The molecule has 0 amide bonds. The Morgan fingerprint density at radius 1 is 1.00 bits per heavy atom. The van der Waals surface area contributed by atoms with Crippen molar-refractivity contribution in [2.24, 2.45) is 0 Å². The molecule has 1 aliphatic heterocycles. The molecule has 1 saturated carbocycles. The van der Waals surface area contributed by atoms with Gasteiger partial charge in [-0.2, -0.15) is 0 Å². The molecule has 4 heteroatoms. The minimum Gasteiger partial charge on any atom is -0.440 e. The molecule has 2 aromatic rings. The van der Waals surface area contributed by atoms with Gasteiger partial charge in [0, 0.05) is 41.9 Å². The molecular weight excluding hydrogens is 372 g/mol. The van der Waals surface area contributed by atoms with E-state index in [1.165, 1.54) is 42.5 Å². The van der Waals surface area contributed by atoms with E-state index in [4.69, 9.17) is 14.8 Å². The minimum atomic E-state index is -0.0724. The summed E-state index contributed by atoms with van der Waals surface area (Å²) in [6.45, 7) is 1.83. The second-order valence-corrected chi connectivity index (χ2v) is 9.68. The van der Waals surface area contributed by atoms with Gasteiger partial charge in [0.05, 0.1) is 5.60 Å². The van der Waals surface area contributed by atoms with Crippen molar-refractivity contribution in [1.82, 2.24) is 10.3 Å². The zero-order valence-corrected chi connectivity index (χ0v) is 17.9. The number of hydrogen-bond donors (Lipinski definition) is 1. The highest BCUT2D eigenvalue weighted by Gasteiger charge is 2.48. The highest BCUT2D eigenvalue weighted by Crippen LogP contribution is 2.49. The summed E-state index contributed by atoms with van der Waals surface area (Å²) in [7, 11) is 0. The summed E-state index contributed by atoms with van der Waals surface area (Å²) in [5.41, 5.74) is 3.96. The molecule has 0 radical (unpaired) electrons. The number of ether oxygens (including phenoxy) is 1. The minimum absolute atomic E-state index is 0.0724. The van der Waals surface area contributed by atoms with Crippen LogP contribution in [0.1, 0.15) is 86.8 Å². The average molecular weight is 408 g/mol. The van der Waals surface area contributed by atoms with Gasteiger partial charge in [-0.1, -0.05) is 43.2 Å². The van der Waals surface area contributed by atoms with Crippen LogP contribution in [0, 0.1) is 0 Å². The molecule has 1 aromatic heterocycles. The SMILES string of the molecule is [OH2+][C@H]1CC[C@H](NCC[C@@]2(c3ccccn3)CCOC3(CCCC3)C2)c2ccccc21.